The first kappa shape index (κ1) is 21.0. The second kappa shape index (κ2) is 10.0. The molecule has 0 aliphatic heterocycles. The first-order valence-electron chi connectivity index (χ1n) is 8.63. The number of benzene rings is 1. The van der Waals surface area contributed by atoms with Gasteiger partial charge in [0.1, 0.15) is 5.60 Å². The van der Waals surface area contributed by atoms with Crippen molar-refractivity contribution in [1.29, 1.82) is 0 Å². The summed E-state index contributed by atoms with van der Waals surface area (Å²) >= 11 is 0. The Morgan fingerprint density at radius 3 is 2.44 bits per heavy atom. The van der Waals surface area contributed by atoms with Gasteiger partial charge >= 0.3 is 12.1 Å². The van der Waals surface area contributed by atoms with Gasteiger partial charge in [0.2, 0.25) is 0 Å². The van der Waals surface area contributed by atoms with Crippen molar-refractivity contribution in [3.05, 3.63) is 35.4 Å². The lowest BCUT2D eigenvalue weighted by atomic mass is 10.1. The van der Waals surface area contributed by atoms with E-state index in [2.05, 4.69) is 5.32 Å². The van der Waals surface area contributed by atoms with Crippen LogP contribution in [-0.2, 0) is 16.0 Å². The predicted octanol–water partition coefficient (Wildman–Crippen LogP) is 3.21. The Morgan fingerprint density at radius 2 is 1.84 bits per heavy atom. The Morgan fingerprint density at radius 1 is 1.16 bits per heavy atom. The Kier molecular flexibility index (Phi) is 8.41. The second-order valence-corrected chi connectivity index (χ2v) is 6.79. The maximum atomic E-state index is 12.2. The van der Waals surface area contributed by atoms with Crippen LogP contribution in [0.2, 0.25) is 0 Å². The molecule has 0 atom stereocenters. The molecule has 0 aliphatic rings. The number of rotatable bonds is 8. The molecule has 6 nitrogen and oxygen atoms in total. The van der Waals surface area contributed by atoms with Gasteiger partial charge in [-0.1, -0.05) is 25.1 Å². The SMILES string of the molecule is CCCN(CCNCc1ccccc1C(=O)OC)C(=O)OC(C)(C)C. The molecule has 0 heterocycles. The van der Waals surface area contributed by atoms with Gasteiger partial charge in [-0.05, 0) is 38.8 Å². The molecule has 1 N–H and O–H groups in total. The minimum atomic E-state index is -0.504. The molecule has 0 saturated heterocycles. The molecule has 0 saturated carbocycles. The van der Waals surface area contributed by atoms with Crippen molar-refractivity contribution in [2.75, 3.05) is 26.7 Å². The van der Waals surface area contributed by atoms with E-state index in [1.807, 2.05) is 39.8 Å². The first-order valence-corrected chi connectivity index (χ1v) is 8.63. The highest BCUT2D eigenvalue weighted by Gasteiger charge is 2.21. The van der Waals surface area contributed by atoms with Crippen LogP contribution in [0, 0.1) is 0 Å². The van der Waals surface area contributed by atoms with Crippen LogP contribution < -0.4 is 5.32 Å². The fourth-order valence-corrected chi connectivity index (χ4v) is 2.31. The Balaban J connectivity index is 2.55. The summed E-state index contributed by atoms with van der Waals surface area (Å²) in [6.07, 6.45) is 0.566. The van der Waals surface area contributed by atoms with E-state index in [4.69, 9.17) is 9.47 Å². The first-order chi connectivity index (χ1) is 11.8. The molecular formula is C19H30N2O4. The molecule has 0 unspecified atom stereocenters. The summed E-state index contributed by atoms with van der Waals surface area (Å²) in [4.78, 5) is 25.7. The Labute approximate surface area is 150 Å². The zero-order chi connectivity index (χ0) is 18.9. The largest absolute Gasteiger partial charge is 0.465 e. The summed E-state index contributed by atoms with van der Waals surface area (Å²) in [6.45, 7) is 9.93. The summed E-state index contributed by atoms with van der Waals surface area (Å²) in [7, 11) is 1.37. The van der Waals surface area contributed by atoms with Crippen LogP contribution in [0.15, 0.2) is 24.3 Å². The Hall–Kier alpha value is -2.08. The standard InChI is InChI=1S/C19H30N2O4/c1-6-12-21(18(23)25-19(2,3)4)13-11-20-14-15-9-7-8-10-16(15)17(22)24-5/h7-10,20H,6,11-14H2,1-5H3. The molecule has 0 bridgehead atoms. The highest BCUT2D eigenvalue weighted by atomic mass is 16.6. The highest BCUT2D eigenvalue weighted by Crippen LogP contribution is 2.11. The summed E-state index contributed by atoms with van der Waals surface area (Å²) < 4.78 is 10.2. The van der Waals surface area contributed by atoms with Crippen molar-refractivity contribution in [2.45, 2.75) is 46.3 Å². The molecule has 0 aromatic heterocycles. The quantitative estimate of drug-likeness (QED) is 0.576. The molecule has 1 aromatic carbocycles. The van der Waals surface area contributed by atoms with Gasteiger partial charge in [-0.25, -0.2) is 9.59 Å². The van der Waals surface area contributed by atoms with E-state index in [1.54, 1.807) is 17.0 Å². The van der Waals surface area contributed by atoms with Crippen molar-refractivity contribution in [3.8, 4) is 0 Å². The normalized spacial score (nSPS) is 11.1. The molecule has 1 amide bonds. The number of methoxy groups -OCH3 is 1. The van der Waals surface area contributed by atoms with Crippen molar-refractivity contribution < 1.29 is 19.1 Å². The van der Waals surface area contributed by atoms with Gasteiger partial charge in [0.15, 0.2) is 0 Å². The average Bonchev–Trinajstić information content (AvgIpc) is 2.55. The highest BCUT2D eigenvalue weighted by molar-refractivity contribution is 5.90. The van der Waals surface area contributed by atoms with E-state index in [1.165, 1.54) is 7.11 Å². The number of hydrogen-bond acceptors (Lipinski definition) is 5. The molecule has 140 valence electrons. The summed E-state index contributed by atoms with van der Waals surface area (Å²) in [5, 5.41) is 3.27. The van der Waals surface area contributed by atoms with Gasteiger partial charge in [-0.3, -0.25) is 0 Å². The lowest BCUT2D eigenvalue weighted by Gasteiger charge is -2.27. The second-order valence-electron chi connectivity index (χ2n) is 6.79. The van der Waals surface area contributed by atoms with Crippen LogP contribution in [0.25, 0.3) is 0 Å². The van der Waals surface area contributed by atoms with E-state index >= 15 is 0 Å². The molecule has 1 aromatic rings. The number of nitrogens with one attached hydrogen (secondary N) is 1. The third kappa shape index (κ3) is 7.56. The van der Waals surface area contributed by atoms with Gasteiger partial charge < -0.3 is 19.7 Å². The molecule has 0 fully saturated rings. The number of carbonyl (C=O) groups excluding carboxylic acids is 2. The topological polar surface area (TPSA) is 67.9 Å². The maximum absolute atomic E-state index is 12.2. The molecule has 0 aliphatic carbocycles. The molecule has 25 heavy (non-hydrogen) atoms. The van der Waals surface area contributed by atoms with Gasteiger partial charge in [0, 0.05) is 26.2 Å². The Bertz CT molecular complexity index is 567. The number of hydrogen-bond donors (Lipinski definition) is 1. The van der Waals surface area contributed by atoms with E-state index in [0.717, 1.165) is 12.0 Å². The number of amides is 1. The summed E-state index contributed by atoms with van der Waals surface area (Å²) in [6, 6.07) is 7.32. The van der Waals surface area contributed by atoms with Crippen molar-refractivity contribution >= 4 is 12.1 Å². The van der Waals surface area contributed by atoms with E-state index < -0.39 is 5.60 Å². The lowest BCUT2D eigenvalue weighted by molar-refractivity contribution is 0.0251. The van der Waals surface area contributed by atoms with E-state index in [0.29, 0.717) is 31.7 Å². The minimum Gasteiger partial charge on any atom is -0.465 e. The van der Waals surface area contributed by atoms with Crippen LogP contribution in [0.1, 0.15) is 50.0 Å². The molecule has 6 heteroatoms. The molecule has 0 radical (unpaired) electrons. The molecule has 1 rings (SSSR count). The van der Waals surface area contributed by atoms with E-state index in [-0.39, 0.29) is 12.1 Å². The van der Waals surface area contributed by atoms with Gasteiger partial charge in [-0.15, -0.1) is 0 Å². The smallest absolute Gasteiger partial charge is 0.410 e. The van der Waals surface area contributed by atoms with Crippen LogP contribution in [0.5, 0.6) is 0 Å². The average molecular weight is 350 g/mol. The van der Waals surface area contributed by atoms with Gasteiger partial charge in [0.25, 0.3) is 0 Å². The van der Waals surface area contributed by atoms with Crippen LogP contribution in [-0.4, -0.2) is 49.3 Å². The third-order valence-electron chi connectivity index (χ3n) is 3.44. The predicted molar refractivity (Wildman–Crippen MR) is 97.6 cm³/mol. The van der Waals surface area contributed by atoms with Crippen LogP contribution in [0.4, 0.5) is 4.79 Å². The van der Waals surface area contributed by atoms with Gasteiger partial charge in [-0.2, -0.15) is 0 Å². The summed E-state index contributed by atoms with van der Waals surface area (Å²) in [5.74, 6) is -0.348. The zero-order valence-electron chi connectivity index (χ0n) is 15.9. The van der Waals surface area contributed by atoms with E-state index in [9.17, 15) is 9.59 Å². The molecular weight excluding hydrogens is 320 g/mol. The number of esters is 1. The van der Waals surface area contributed by atoms with Gasteiger partial charge in [0.05, 0.1) is 12.7 Å². The van der Waals surface area contributed by atoms with Crippen LogP contribution >= 0.6 is 0 Å². The fourth-order valence-electron chi connectivity index (χ4n) is 2.31. The maximum Gasteiger partial charge on any atom is 0.410 e. The van der Waals surface area contributed by atoms with Crippen LogP contribution in [0.3, 0.4) is 0 Å². The summed E-state index contributed by atoms with van der Waals surface area (Å²) in [5.41, 5.74) is 0.916. The minimum absolute atomic E-state index is 0.300. The van der Waals surface area contributed by atoms with Crippen molar-refractivity contribution in [3.63, 3.8) is 0 Å². The number of ether oxygens (including phenoxy) is 2. The monoisotopic (exact) mass is 350 g/mol. The number of nitrogens with zero attached hydrogens (tertiary/aromatic N) is 1. The molecule has 0 spiro atoms. The van der Waals surface area contributed by atoms with Crippen molar-refractivity contribution in [1.82, 2.24) is 10.2 Å². The zero-order valence-corrected chi connectivity index (χ0v) is 15.9. The third-order valence-corrected chi connectivity index (χ3v) is 3.44. The number of carbonyl (C=O) groups is 2. The lowest BCUT2D eigenvalue weighted by Crippen LogP contribution is -2.40. The van der Waals surface area contributed by atoms with Crippen molar-refractivity contribution in [2.24, 2.45) is 0 Å². The fraction of sp³-hybridized carbons (Fsp3) is 0.579.